The average molecular weight is 570 g/mol. The first-order chi connectivity index (χ1) is 18.4. The van der Waals surface area contributed by atoms with E-state index in [-0.39, 0.29) is 17.9 Å². The Morgan fingerprint density at radius 1 is 0.923 bits per heavy atom. The molecule has 0 aliphatic carbocycles. The molecule has 0 unspecified atom stereocenters. The Labute approximate surface area is 234 Å². The van der Waals surface area contributed by atoms with E-state index in [2.05, 4.69) is 11.3 Å². The van der Waals surface area contributed by atoms with Gasteiger partial charge < -0.3 is 9.47 Å². The van der Waals surface area contributed by atoms with Gasteiger partial charge in [0.2, 0.25) is 10.0 Å². The van der Waals surface area contributed by atoms with Crippen molar-refractivity contribution in [3.8, 4) is 11.1 Å². The number of benzene rings is 3. The number of allylic oxidation sites excluding steroid dienone is 1. The maximum absolute atomic E-state index is 13.4. The smallest absolute Gasteiger partial charge is 0.325 e. The minimum absolute atomic E-state index is 0.0183. The SMILES string of the molecule is C=CC[C@@H](C(=O)OCc1ccccc1)[C@@H](NS(=O)(=O)c1ccc(-c2ccc(Cl)cc2)cc1)C(=O)OC(C)(C)C. The van der Waals surface area contributed by atoms with Crippen LogP contribution in [0.15, 0.2) is 96.4 Å². The van der Waals surface area contributed by atoms with E-state index >= 15 is 0 Å². The summed E-state index contributed by atoms with van der Waals surface area (Å²) in [6, 6.07) is 20.8. The van der Waals surface area contributed by atoms with Crippen LogP contribution in [0.3, 0.4) is 0 Å². The summed E-state index contributed by atoms with van der Waals surface area (Å²) in [5.74, 6) is -2.85. The number of sulfonamides is 1. The molecule has 0 bridgehead atoms. The first-order valence-corrected chi connectivity index (χ1v) is 14.2. The van der Waals surface area contributed by atoms with Crippen LogP contribution in [0.25, 0.3) is 11.1 Å². The molecule has 0 spiro atoms. The molecule has 3 aromatic carbocycles. The number of esters is 2. The van der Waals surface area contributed by atoms with Gasteiger partial charge in [-0.1, -0.05) is 72.3 Å². The van der Waals surface area contributed by atoms with Crippen LogP contribution in [0.4, 0.5) is 0 Å². The number of rotatable bonds is 11. The second kappa shape index (κ2) is 13.1. The maximum Gasteiger partial charge on any atom is 0.325 e. The van der Waals surface area contributed by atoms with Crippen LogP contribution in [0, 0.1) is 5.92 Å². The standard InChI is InChI=1S/C30H32ClNO6S/c1-5-9-26(28(33)37-20-21-10-7-6-8-11-21)27(29(34)38-30(2,3)4)32-39(35,36)25-18-14-23(15-19-25)22-12-16-24(31)17-13-22/h5-8,10-19,26-27,32H,1,9,20H2,2-4H3/t26-,27-/m1/s1. The largest absolute Gasteiger partial charge is 0.461 e. The first-order valence-electron chi connectivity index (χ1n) is 12.3. The van der Waals surface area contributed by atoms with Gasteiger partial charge in [-0.3, -0.25) is 9.59 Å². The lowest BCUT2D eigenvalue weighted by Crippen LogP contribution is -2.51. The molecule has 0 radical (unpaired) electrons. The second-order valence-corrected chi connectivity index (χ2v) is 12.0. The molecule has 1 N–H and O–H groups in total. The van der Waals surface area contributed by atoms with Crippen LogP contribution in [0.1, 0.15) is 32.8 Å². The Balaban J connectivity index is 1.88. The normalized spacial score (nSPS) is 13.2. The van der Waals surface area contributed by atoms with E-state index in [1.54, 1.807) is 69.3 Å². The fourth-order valence-corrected chi connectivity index (χ4v) is 5.10. The monoisotopic (exact) mass is 569 g/mol. The third kappa shape index (κ3) is 8.78. The quantitative estimate of drug-likeness (QED) is 0.227. The summed E-state index contributed by atoms with van der Waals surface area (Å²) in [7, 11) is -4.24. The van der Waals surface area contributed by atoms with E-state index < -0.39 is 39.5 Å². The summed E-state index contributed by atoms with van der Waals surface area (Å²) >= 11 is 5.95. The van der Waals surface area contributed by atoms with Crippen molar-refractivity contribution in [2.75, 3.05) is 0 Å². The molecule has 3 rings (SSSR count). The zero-order valence-electron chi connectivity index (χ0n) is 22.1. The molecule has 9 heteroatoms. The molecular formula is C30H32ClNO6S. The summed E-state index contributed by atoms with van der Waals surface area (Å²) in [6.45, 7) is 8.60. The summed E-state index contributed by atoms with van der Waals surface area (Å²) < 4.78 is 40.1. The molecule has 0 amide bonds. The molecule has 0 aliphatic rings. The number of carbonyl (C=O) groups excluding carboxylic acids is 2. The van der Waals surface area contributed by atoms with Crippen LogP contribution < -0.4 is 4.72 Å². The fourth-order valence-electron chi connectivity index (χ4n) is 3.75. The summed E-state index contributed by atoms with van der Waals surface area (Å²) in [5, 5.41) is 0.590. The third-order valence-electron chi connectivity index (χ3n) is 5.63. The number of nitrogens with one attached hydrogen (secondary N) is 1. The lowest BCUT2D eigenvalue weighted by molar-refractivity contribution is -0.164. The zero-order chi connectivity index (χ0) is 28.6. The third-order valence-corrected chi connectivity index (χ3v) is 7.34. The average Bonchev–Trinajstić information content (AvgIpc) is 2.89. The van der Waals surface area contributed by atoms with Crippen molar-refractivity contribution in [1.29, 1.82) is 0 Å². The van der Waals surface area contributed by atoms with Gasteiger partial charge in [-0.2, -0.15) is 4.72 Å². The Morgan fingerprint density at radius 3 is 2.03 bits per heavy atom. The van der Waals surface area contributed by atoms with Gasteiger partial charge in [0.25, 0.3) is 0 Å². The highest BCUT2D eigenvalue weighted by Gasteiger charge is 2.40. The summed E-state index contributed by atoms with van der Waals surface area (Å²) in [6.07, 6.45) is 1.41. The molecule has 0 fully saturated rings. The van der Waals surface area contributed by atoms with Crippen LogP contribution in [0.5, 0.6) is 0 Å². The van der Waals surface area contributed by atoms with Crippen molar-refractivity contribution in [1.82, 2.24) is 4.72 Å². The lowest BCUT2D eigenvalue weighted by Gasteiger charge is -2.28. The van der Waals surface area contributed by atoms with Crippen LogP contribution >= 0.6 is 11.6 Å². The van der Waals surface area contributed by atoms with Gasteiger partial charge in [0.05, 0.1) is 10.8 Å². The lowest BCUT2D eigenvalue weighted by atomic mass is 9.96. The Morgan fingerprint density at radius 2 is 1.49 bits per heavy atom. The van der Waals surface area contributed by atoms with Crippen LogP contribution in [-0.2, 0) is 35.7 Å². The summed E-state index contributed by atoms with van der Waals surface area (Å²) in [5.41, 5.74) is 1.46. The molecule has 0 saturated carbocycles. The van der Waals surface area contributed by atoms with Gasteiger partial charge in [-0.25, -0.2) is 8.42 Å². The highest BCUT2D eigenvalue weighted by molar-refractivity contribution is 7.89. The topological polar surface area (TPSA) is 98.8 Å². The van der Waals surface area contributed by atoms with Crippen molar-refractivity contribution >= 4 is 33.6 Å². The van der Waals surface area contributed by atoms with Crippen LogP contribution in [0.2, 0.25) is 5.02 Å². The molecule has 206 valence electrons. The molecule has 0 heterocycles. The Hall–Kier alpha value is -3.46. The minimum atomic E-state index is -4.24. The van der Waals surface area contributed by atoms with Crippen LogP contribution in [-0.4, -0.2) is 32.0 Å². The highest BCUT2D eigenvalue weighted by Crippen LogP contribution is 2.25. The van der Waals surface area contributed by atoms with Gasteiger partial charge in [0.1, 0.15) is 18.2 Å². The van der Waals surface area contributed by atoms with Crippen molar-refractivity contribution in [3.05, 3.63) is 102 Å². The van der Waals surface area contributed by atoms with Gasteiger partial charge in [-0.15, -0.1) is 6.58 Å². The molecule has 0 saturated heterocycles. The molecule has 0 aliphatic heterocycles. The predicted octanol–water partition coefficient (Wildman–Crippen LogP) is 5.93. The summed E-state index contributed by atoms with van der Waals surface area (Å²) in [4.78, 5) is 26.3. The van der Waals surface area contributed by atoms with E-state index in [1.807, 2.05) is 18.2 Å². The van der Waals surface area contributed by atoms with Gasteiger partial charge in [0, 0.05) is 5.02 Å². The van der Waals surface area contributed by atoms with Gasteiger partial charge in [-0.05, 0) is 68.1 Å². The van der Waals surface area contributed by atoms with Crippen molar-refractivity contribution < 1.29 is 27.5 Å². The predicted molar refractivity (Wildman–Crippen MR) is 151 cm³/mol. The number of halogens is 1. The molecule has 3 aromatic rings. The molecule has 39 heavy (non-hydrogen) atoms. The number of ether oxygens (including phenoxy) is 2. The maximum atomic E-state index is 13.4. The first kappa shape index (κ1) is 30.1. The Bertz CT molecular complexity index is 1380. The van der Waals surface area contributed by atoms with E-state index in [9.17, 15) is 18.0 Å². The van der Waals surface area contributed by atoms with Crippen molar-refractivity contribution in [3.63, 3.8) is 0 Å². The number of carbonyl (C=O) groups is 2. The molecule has 0 aromatic heterocycles. The van der Waals surface area contributed by atoms with E-state index in [4.69, 9.17) is 21.1 Å². The Kier molecular flexibility index (Phi) is 10.1. The fraction of sp³-hybridized carbons (Fsp3) is 0.267. The number of hydrogen-bond acceptors (Lipinski definition) is 6. The number of hydrogen-bond donors (Lipinski definition) is 1. The van der Waals surface area contributed by atoms with E-state index in [0.29, 0.717) is 5.02 Å². The molecular weight excluding hydrogens is 538 g/mol. The highest BCUT2D eigenvalue weighted by atomic mass is 35.5. The second-order valence-electron chi connectivity index (χ2n) is 9.89. The minimum Gasteiger partial charge on any atom is -0.461 e. The van der Waals surface area contributed by atoms with Gasteiger partial charge >= 0.3 is 11.9 Å². The van der Waals surface area contributed by atoms with Crippen molar-refractivity contribution in [2.45, 2.75) is 50.3 Å². The molecule has 2 atom stereocenters. The molecule has 7 nitrogen and oxygen atoms in total. The zero-order valence-corrected chi connectivity index (χ0v) is 23.7. The van der Waals surface area contributed by atoms with E-state index in [0.717, 1.165) is 16.7 Å². The van der Waals surface area contributed by atoms with Gasteiger partial charge in [0.15, 0.2) is 0 Å². The van der Waals surface area contributed by atoms with E-state index in [1.165, 1.54) is 18.2 Å². The van der Waals surface area contributed by atoms with Crippen molar-refractivity contribution in [2.24, 2.45) is 5.92 Å².